The predicted octanol–water partition coefficient (Wildman–Crippen LogP) is 3.05. The zero-order valence-corrected chi connectivity index (χ0v) is 13.6. The monoisotopic (exact) mass is 286 g/mol. The third kappa shape index (κ3) is 4.32. The molecule has 1 aromatic rings. The van der Waals surface area contributed by atoms with Gasteiger partial charge in [-0.3, -0.25) is 4.79 Å². The lowest BCUT2D eigenvalue weighted by molar-refractivity contribution is -0.143. The van der Waals surface area contributed by atoms with Crippen LogP contribution in [0.4, 0.5) is 0 Å². The zero-order chi connectivity index (χ0) is 15.8. The highest BCUT2D eigenvalue weighted by Crippen LogP contribution is 2.24. The summed E-state index contributed by atoms with van der Waals surface area (Å²) in [5, 5.41) is 2.18. The Labute approximate surface area is 127 Å². The van der Waals surface area contributed by atoms with E-state index in [9.17, 15) is 4.79 Å². The number of rotatable bonds is 6. The molecule has 0 spiro atoms. The summed E-state index contributed by atoms with van der Waals surface area (Å²) in [6, 6.07) is 8.08. The van der Waals surface area contributed by atoms with Gasteiger partial charge in [-0.2, -0.15) is 0 Å². The van der Waals surface area contributed by atoms with Gasteiger partial charge in [-0.25, -0.2) is 0 Å². The Bertz CT molecular complexity index is 598. The molecule has 21 heavy (non-hydrogen) atoms. The molecular formula is C19H26O2. The number of allylic oxidation sites excluding steroid dienone is 1. The van der Waals surface area contributed by atoms with Crippen molar-refractivity contribution in [2.45, 2.75) is 33.6 Å². The molecule has 0 bridgehead atoms. The van der Waals surface area contributed by atoms with E-state index in [2.05, 4.69) is 32.6 Å². The minimum absolute atomic E-state index is 0.184. The van der Waals surface area contributed by atoms with E-state index in [4.69, 9.17) is 4.74 Å². The van der Waals surface area contributed by atoms with E-state index in [1.54, 1.807) is 6.08 Å². The average Bonchev–Trinajstić information content (AvgIpc) is 2.53. The van der Waals surface area contributed by atoms with Gasteiger partial charge in [0.1, 0.15) is 0 Å². The van der Waals surface area contributed by atoms with Gasteiger partial charge >= 0.3 is 5.97 Å². The van der Waals surface area contributed by atoms with E-state index in [1.807, 2.05) is 25.1 Å². The lowest BCUT2D eigenvalue weighted by Crippen LogP contribution is -2.31. The minimum Gasteiger partial charge on any atom is -0.469 e. The first kappa shape index (κ1) is 17.2. The maximum atomic E-state index is 12.2. The molecule has 0 saturated heterocycles. The van der Waals surface area contributed by atoms with Gasteiger partial charge in [0.2, 0.25) is 0 Å². The predicted molar refractivity (Wildman–Crippen MR) is 89.0 cm³/mol. The molecule has 1 aromatic carbocycles. The Kier molecular flexibility index (Phi) is 6.93. The smallest absolute Gasteiger partial charge is 0.313 e. The van der Waals surface area contributed by atoms with Crippen LogP contribution >= 0.6 is 0 Å². The second kappa shape index (κ2) is 8.46. The van der Waals surface area contributed by atoms with Crippen LogP contribution in [0.25, 0.3) is 11.6 Å². The fraction of sp³-hybridized carbons (Fsp3) is 0.421. The van der Waals surface area contributed by atoms with E-state index < -0.39 is 0 Å². The molecular weight excluding hydrogens is 260 g/mol. The van der Waals surface area contributed by atoms with Gasteiger partial charge < -0.3 is 4.74 Å². The maximum absolute atomic E-state index is 12.2. The van der Waals surface area contributed by atoms with Crippen LogP contribution in [0.1, 0.15) is 33.6 Å². The number of esters is 1. The second-order valence-corrected chi connectivity index (χ2v) is 5.36. The fourth-order valence-corrected chi connectivity index (χ4v) is 2.51. The average molecular weight is 286 g/mol. The van der Waals surface area contributed by atoms with E-state index in [0.717, 1.165) is 28.9 Å². The van der Waals surface area contributed by atoms with E-state index in [-0.39, 0.29) is 11.9 Å². The molecule has 0 N–H and O–H groups in total. The highest BCUT2D eigenvalue weighted by molar-refractivity contribution is 5.85. The summed E-state index contributed by atoms with van der Waals surface area (Å²) in [4.78, 5) is 12.2. The van der Waals surface area contributed by atoms with Crippen molar-refractivity contribution >= 4 is 17.6 Å². The van der Waals surface area contributed by atoms with Crippen molar-refractivity contribution in [1.82, 2.24) is 0 Å². The molecule has 0 fully saturated rings. The molecule has 0 radical (unpaired) electrons. The molecule has 0 saturated carbocycles. The van der Waals surface area contributed by atoms with Gasteiger partial charge in [0, 0.05) is 0 Å². The molecule has 0 amide bonds. The second-order valence-electron chi connectivity index (χ2n) is 5.36. The summed E-state index contributed by atoms with van der Waals surface area (Å²) in [5.74, 6) is 0.0153. The Morgan fingerprint density at radius 2 is 2.05 bits per heavy atom. The largest absolute Gasteiger partial charge is 0.469 e. The first-order valence-corrected chi connectivity index (χ1v) is 7.54. The summed E-state index contributed by atoms with van der Waals surface area (Å²) < 4.78 is 5.02. The van der Waals surface area contributed by atoms with Crippen molar-refractivity contribution in [1.29, 1.82) is 0 Å². The number of carbonyl (C=O) groups excluding carboxylic acids is 1. The van der Waals surface area contributed by atoms with Gasteiger partial charge in [0.05, 0.1) is 13.0 Å². The van der Waals surface area contributed by atoms with E-state index >= 15 is 0 Å². The summed E-state index contributed by atoms with van der Waals surface area (Å²) in [5.41, 5.74) is 0.954. The normalized spacial score (nSPS) is 16.1. The molecule has 0 aliphatic rings. The zero-order valence-electron chi connectivity index (χ0n) is 13.6. The molecule has 0 aliphatic heterocycles. The van der Waals surface area contributed by atoms with Crippen LogP contribution in [0.15, 0.2) is 36.9 Å². The number of hydrogen-bond donors (Lipinski definition) is 0. The number of ether oxygens (including phenoxy) is 1. The van der Waals surface area contributed by atoms with Crippen molar-refractivity contribution in [3.8, 4) is 0 Å². The minimum atomic E-state index is -0.261. The fourth-order valence-electron chi connectivity index (χ4n) is 2.51. The summed E-state index contributed by atoms with van der Waals surface area (Å²) in [6.45, 7) is 10.2. The summed E-state index contributed by atoms with van der Waals surface area (Å²) in [6.07, 6.45) is 5.67. The third-order valence-corrected chi connectivity index (χ3v) is 4.00. The Morgan fingerprint density at radius 1 is 1.38 bits per heavy atom. The van der Waals surface area contributed by atoms with Crippen molar-refractivity contribution in [3.05, 3.63) is 47.4 Å². The van der Waals surface area contributed by atoms with Crippen LogP contribution in [0.5, 0.6) is 0 Å². The van der Waals surface area contributed by atoms with Crippen LogP contribution in [0.3, 0.4) is 0 Å². The van der Waals surface area contributed by atoms with Crippen LogP contribution in [0, 0.1) is 11.8 Å². The van der Waals surface area contributed by atoms with Crippen LogP contribution in [0.2, 0.25) is 0 Å². The Morgan fingerprint density at radius 3 is 2.57 bits per heavy atom. The molecule has 2 nitrogen and oxygen atoms in total. The molecule has 0 heterocycles. The molecule has 2 atom stereocenters. The third-order valence-electron chi connectivity index (χ3n) is 4.00. The summed E-state index contributed by atoms with van der Waals surface area (Å²) in [7, 11) is 1.45. The number of hydrogen-bond acceptors (Lipinski definition) is 2. The molecule has 1 rings (SSSR count). The highest BCUT2D eigenvalue weighted by atomic mass is 16.5. The van der Waals surface area contributed by atoms with Crippen molar-refractivity contribution in [2.75, 3.05) is 7.11 Å². The van der Waals surface area contributed by atoms with Gasteiger partial charge in [-0.05, 0) is 35.3 Å². The number of methoxy groups -OCH3 is 1. The standard InChI is InChI=1S/C19H26O2/c1-6-14(4)13-18(19(20)21-5)16(8-3)17-12-10-9-11-15(17)7-2/h7-12,14,18H,3,6,13H2,1-2,4-5H3. The molecule has 2 heteroatoms. The lowest BCUT2D eigenvalue weighted by atomic mass is 9.86. The van der Waals surface area contributed by atoms with Crippen LogP contribution in [-0.4, -0.2) is 13.1 Å². The first-order chi connectivity index (χ1) is 10.1. The highest BCUT2D eigenvalue weighted by Gasteiger charge is 2.24. The molecule has 0 aromatic heterocycles. The topological polar surface area (TPSA) is 26.3 Å². The van der Waals surface area contributed by atoms with Crippen molar-refractivity contribution < 1.29 is 9.53 Å². The SMILES string of the molecule is C=CC(=c1ccccc1=CC)C(CC(C)CC)C(=O)OC. The van der Waals surface area contributed by atoms with Crippen LogP contribution < -0.4 is 10.4 Å². The van der Waals surface area contributed by atoms with E-state index in [0.29, 0.717) is 5.92 Å². The molecule has 2 unspecified atom stereocenters. The molecule has 114 valence electrons. The van der Waals surface area contributed by atoms with Crippen molar-refractivity contribution in [2.24, 2.45) is 11.8 Å². The number of benzene rings is 1. The van der Waals surface area contributed by atoms with Crippen LogP contribution in [-0.2, 0) is 9.53 Å². The first-order valence-electron chi connectivity index (χ1n) is 7.54. The van der Waals surface area contributed by atoms with Gasteiger partial charge in [-0.1, -0.05) is 63.3 Å². The lowest BCUT2D eigenvalue weighted by Gasteiger charge is -2.19. The van der Waals surface area contributed by atoms with Gasteiger partial charge in [-0.15, -0.1) is 0 Å². The van der Waals surface area contributed by atoms with E-state index in [1.165, 1.54) is 7.11 Å². The quantitative estimate of drug-likeness (QED) is 0.751. The molecule has 0 aliphatic carbocycles. The van der Waals surface area contributed by atoms with Crippen molar-refractivity contribution in [3.63, 3.8) is 0 Å². The number of carbonyl (C=O) groups is 1. The Balaban J connectivity index is 3.50. The summed E-state index contributed by atoms with van der Waals surface area (Å²) >= 11 is 0. The maximum Gasteiger partial charge on any atom is 0.313 e. The Hall–Kier alpha value is -1.83. The van der Waals surface area contributed by atoms with Gasteiger partial charge in [0.15, 0.2) is 0 Å². The van der Waals surface area contributed by atoms with Gasteiger partial charge in [0.25, 0.3) is 0 Å².